The van der Waals surface area contributed by atoms with Gasteiger partial charge in [0.15, 0.2) is 0 Å². The second kappa shape index (κ2) is 7.50. The fourth-order valence-corrected chi connectivity index (χ4v) is 2.69. The molecule has 0 aliphatic rings. The lowest BCUT2D eigenvalue weighted by atomic mass is 10.1. The summed E-state index contributed by atoms with van der Waals surface area (Å²) in [4.78, 5) is 0.567. The number of para-hydroxylation sites is 1. The molecular weight excluding hydrogens is 326 g/mol. The van der Waals surface area contributed by atoms with Crippen LogP contribution in [0, 0.1) is 0 Å². The van der Waals surface area contributed by atoms with E-state index in [1.54, 1.807) is 48.5 Å². The molecule has 2 aromatic rings. The largest absolute Gasteiger partial charge is 0.507 e. The minimum absolute atomic E-state index is 0.121. The van der Waals surface area contributed by atoms with Crippen LogP contribution in [-0.4, -0.2) is 23.8 Å². The first-order valence-corrected chi connectivity index (χ1v) is 8.71. The molecule has 3 N–H and O–H groups in total. The second-order valence-corrected chi connectivity index (χ2v) is 6.82. The van der Waals surface area contributed by atoms with Gasteiger partial charge < -0.3 is 5.11 Å². The molecule has 6 nitrogen and oxygen atoms in total. The standard InChI is InChI=1S/C14H15NO5S2/c16-13-6-1-2-7-14(13)21-20-15-12-5-3-4-11(10-12)8-9-22(17,18)19/h1-7,10,15-16H,8-9H2,(H,17,18,19). The summed E-state index contributed by atoms with van der Waals surface area (Å²) >= 11 is 0.968. The van der Waals surface area contributed by atoms with E-state index in [0.717, 1.165) is 17.6 Å². The summed E-state index contributed by atoms with van der Waals surface area (Å²) < 4.78 is 35.4. The van der Waals surface area contributed by atoms with E-state index in [0.29, 0.717) is 10.6 Å². The van der Waals surface area contributed by atoms with Crippen LogP contribution in [0.15, 0.2) is 53.4 Å². The Balaban J connectivity index is 1.89. The van der Waals surface area contributed by atoms with Gasteiger partial charge >= 0.3 is 0 Å². The third-order valence-corrected chi connectivity index (χ3v) is 4.14. The fourth-order valence-electron chi connectivity index (χ4n) is 1.68. The first-order valence-electron chi connectivity index (χ1n) is 6.36. The molecule has 0 aliphatic heterocycles. The molecule has 0 aliphatic carbocycles. The minimum atomic E-state index is -3.98. The molecule has 8 heteroatoms. The quantitative estimate of drug-likeness (QED) is 0.405. The molecule has 0 fully saturated rings. The first-order chi connectivity index (χ1) is 10.4. The topological polar surface area (TPSA) is 95.9 Å². The Morgan fingerprint density at radius 1 is 1.14 bits per heavy atom. The molecule has 0 unspecified atom stereocenters. The maximum absolute atomic E-state index is 10.7. The van der Waals surface area contributed by atoms with Crippen LogP contribution in [0.1, 0.15) is 5.56 Å². The van der Waals surface area contributed by atoms with Gasteiger partial charge in [0.2, 0.25) is 0 Å². The van der Waals surface area contributed by atoms with E-state index in [1.165, 1.54) is 0 Å². The molecule has 118 valence electrons. The highest BCUT2D eigenvalue weighted by atomic mass is 32.2. The van der Waals surface area contributed by atoms with Crippen LogP contribution in [0.4, 0.5) is 5.69 Å². The number of nitrogens with one attached hydrogen (secondary N) is 1. The van der Waals surface area contributed by atoms with Gasteiger partial charge in [-0.3, -0.25) is 10.0 Å². The van der Waals surface area contributed by atoms with Gasteiger partial charge in [0.05, 0.1) is 28.4 Å². The van der Waals surface area contributed by atoms with E-state index in [9.17, 15) is 13.5 Å². The van der Waals surface area contributed by atoms with Gasteiger partial charge in [-0.2, -0.15) is 12.7 Å². The smallest absolute Gasteiger partial charge is 0.265 e. The minimum Gasteiger partial charge on any atom is -0.507 e. The van der Waals surface area contributed by atoms with Crippen molar-refractivity contribution in [3.63, 3.8) is 0 Å². The normalized spacial score (nSPS) is 11.3. The monoisotopic (exact) mass is 341 g/mol. The predicted molar refractivity (Wildman–Crippen MR) is 85.2 cm³/mol. The van der Waals surface area contributed by atoms with Crippen molar-refractivity contribution in [2.75, 3.05) is 11.2 Å². The molecule has 0 aromatic heterocycles. The molecular formula is C14H15NO5S2. The van der Waals surface area contributed by atoms with Gasteiger partial charge in [-0.1, -0.05) is 24.3 Å². The lowest BCUT2D eigenvalue weighted by molar-refractivity contribution is 0.450. The highest BCUT2D eigenvalue weighted by Crippen LogP contribution is 2.28. The second-order valence-electron chi connectivity index (χ2n) is 4.47. The van der Waals surface area contributed by atoms with Crippen LogP contribution in [0.2, 0.25) is 0 Å². The molecule has 0 heterocycles. The van der Waals surface area contributed by atoms with E-state index in [1.807, 2.05) is 0 Å². The van der Waals surface area contributed by atoms with Gasteiger partial charge in [0, 0.05) is 0 Å². The number of hydrogen-bond acceptors (Lipinski definition) is 6. The first kappa shape index (κ1) is 16.6. The fraction of sp³-hybridized carbons (Fsp3) is 0.143. The van der Waals surface area contributed by atoms with Crippen molar-refractivity contribution >= 4 is 27.8 Å². The zero-order valence-electron chi connectivity index (χ0n) is 11.5. The zero-order valence-corrected chi connectivity index (χ0v) is 13.1. The molecule has 0 saturated heterocycles. The van der Waals surface area contributed by atoms with Crippen LogP contribution in [0.25, 0.3) is 0 Å². The molecule has 2 aromatic carbocycles. The molecule has 0 spiro atoms. The summed E-state index contributed by atoms with van der Waals surface area (Å²) in [7, 11) is -3.98. The van der Waals surface area contributed by atoms with Crippen molar-refractivity contribution in [1.82, 2.24) is 0 Å². The van der Waals surface area contributed by atoms with Crippen LogP contribution in [-0.2, 0) is 20.8 Å². The van der Waals surface area contributed by atoms with E-state index in [4.69, 9.17) is 8.84 Å². The van der Waals surface area contributed by atoms with Crippen molar-refractivity contribution in [1.29, 1.82) is 0 Å². The summed E-state index contributed by atoms with van der Waals surface area (Å²) in [6.45, 7) is 0. The van der Waals surface area contributed by atoms with E-state index in [-0.39, 0.29) is 17.9 Å². The molecule has 0 radical (unpaired) electrons. The third-order valence-electron chi connectivity index (χ3n) is 2.73. The van der Waals surface area contributed by atoms with Gasteiger partial charge in [0.1, 0.15) is 5.75 Å². The van der Waals surface area contributed by atoms with Crippen LogP contribution in [0.5, 0.6) is 5.75 Å². The Hall–Kier alpha value is -1.74. The Morgan fingerprint density at radius 3 is 2.64 bits per heavy atom. The lowest BCUT2D eigenvalue weighted by Crippen LogP contribution is -2.06. The van der Waals surface area contributed by atoms with Crippen molar-refractivity contribution in [3.05, 3.63) is 54.1 Å². The van der Waals surface area contributed by atoms with Gasteiger partial charge in [-0.15, -0.1) is 0 Å². The van der Waals surface area contributed by atoms with Crippen molar-refractivity contribution in [3.8, 4) is 5.75 Å². The van der Waals surface area contributed by atoms with E-state index >= 15 is 0 Å². The van der Waals surface area contributed by atoms with Gasteiger partial charge in [-0.25, -0.2) is 0 Å². The van der Waals surface area contributed by atoms with Gasteiger partial charge in [-0.05, 0) is 36.2 Å². The summed E-state index contributed by atoms with van der Waals surface area (Å²) in [6, 6.07) is 13.7. The van der Waals surface area contributed by atoms with E-state index < -0.39 is 10.1 Å². The summed E-state index contributed by atoms with van der Waals surface area (Å²) in [5.41, 5.74) is 4.08. The number of phenols is 1. The maximum atomic E-state index is 10.7. The van der Waals surface area contributed by atoms with Gasteiger partial charge in [0.25, 0.3) is 10.1 Å². The van der Waals surface area contributed by atoms with Crippen LogP contribution < -0.4 is 5.48 Å². The SMILES string of the molecule is O=S(=O)(O)CCc1cccc(NOSc2ccccc2O)c1. The Labute approximate surface area is 133 Å². The number of benzene rings is 2. The number of anilines is 1. The Bertz CT molecular complexity index is 734. The number of aromatic hydroxyl groups is 1. The van der Waals surface area contributed by atoms with Crippen LogP contribution >= 0.6 is 12.0 Å². The molecule has 22 heavy (non-hydrogen) atoms. The maximum Gasteiger partial charge on any atom is 0.265 e. The number of rotatable bonds is 7. The highest BCUT2D eigenvalue weighted by Gasteiger charge is 2.06. The zero-order chi connectivity index (χ0) is 16.0. The summed E-state index contributed by atoms with van der Waals surface area (Å²) in [5.74, 6) is -0.208. The van der Waals surface area contributed by atoms with Crippen molar-refractivity contribution < 1.29 is 22.4 Å². The highest BCUT2D eigenvalue weighted by molar-refractivity contribution is 7.94. The summed E-state index contributed by atoms with van der Waals surface area (Å²) in [6.07, 6.45) is 0.209. The number of hydrogen-bond donors (Lipinski definition) is 3. The average molecular weight is 341 g/mol. The lowest BCUT2D eigenvalue weighted by Gasteiger charge is -2.08. The average Bonchev–Trinajstić information content (AvgIpc) is 2.47. The Morgan fingerprint density at radius 2 is 1.91 bits per heavy atom. The molecule has 0 saturated carbocycles. The molecule has 0 atom stereocenters. The predicted octanol–water partition coefficient (Wildman–Crippen LogP) is 2.87. The molecule has 0 amide bonds. The number of aryl methyl sites for hydroxylation is 1. The van der Waals surface area contributed by atoms with Crippen LogP contribution in [0.3, 0.4) is 0 Å². The number of phenolic OH excluding ortho intramolecular Hbond substituents is 1. The molecule has 2 rings (SSSR count). The summed E-state index contributed by atoms with van der Waals surface area (Å²) in [5, 5.41) is 9.59. The Kier molecular flexibility index (Phi) is 5.67. The van der Waals surface area contributed by atoms with E-state index in [2.05, 4.69) is 5.48 Å². The van der Waals surface area contributed by atoms with Crippen molar-refractivity contribution in [2.24, 2.45) is 0 Å². The third kappa shape index (κ3) is 5.57. The molecule has 0 bridgehead atoms. The van der Waals surface area contributed by atoms with Crippen molar-refractivity contribution in [2.45, 2.75) is 11.3 Å².